The van der Waals surface area contributed by atoms with E-state index in [2.05, 4.69) is 24.8 Å². The summed E-state index contributed by atoms with van der Waals surface area (Å²) in [6.07, 6.45) is 11.4. The number of thioether (sulfide) groups is 1. The minimum Gasteiger partial charge on any atom is -0.357 e. The van der Waals surface area contributed by atoms with Crippen molar-refractivity contribution in [3.05, 3.63) is 31.9 Å². The van der Waals surface area contributed by atoms with Crippen LogP contribution in [0.4, 0.5) is 5.82 Å². The van der Waals surface area contributed by atoms with Gasteiger partial charge in [-0.2, -0.15) is 5.26 Å². The molecule has 2 fully saturated rings. The van der Waals surface area contributed by atoms with E-state index >= 15 is 0 Å². The van der Waals surface area contributed by atoms with Gasteiger partial charge < -0.3 is 4.90 Å². The molecule has 3 heterocycles. The summed E-state index contributed by atoms with van der Waals surface area (Å²) < 4.78 is 2.35. The average Bonchev–Trinajstić information content (AvgIpc) is 3.44. The first-order valence-electron chi connectivity index (χ1n) is 12.6. The van der Waals surface area contributed by atoms with Crippen LogP contribution in [-0.2, 0) is 11.3 Å². The van der Waals surface area contributed by atoms with E-state index in [1.807, 2.05) is 13.0 Å². The van der Waals surface area contributed by atoms with Crippen LogP contribution in [0.3, 0.4) is 0 Å². The molecule has 0 aromatic carbocycles. The zero-order chi connectivity index (χ0) is 24.7. The summed E-state index contributed by atoms with van der Waals surface area (Å²) in [4.78, 5) is 31.0. The highest BCUT2D eigenvalue weighted by Gasteiger charge is 2.33. The highest BCUT2D eigenvalue weighted by molar-refractivity contribution is 8.26. The van der Waals surface area contributed by atoms with Crippen molar-refractivity contribution in [3.8, 4) is 6.07 Å². The smallest absolute Gasteiger partial charge is 0.270 e. The van der Waals surface area contributed by atoms with Gasteiger partial charge in [0.15, 0.2) is 0 Å². The van der Waals surface area contributed by atoms with Crippen LogP contribution in [0.5, 0.6) is 0 Å². The van der Waals surface area contributed by atoms with E-state index in [4.69, 9.17) is 12.2 Å². The van der Waals surface area contributed by atoms with E-state index in [1.54, 1.807) is 9.47 Å². The first-order chi connectivity index (χ1) is 16.4. The molecule has 1 aromatic rings. The van der Waals surface area contributed by atoms with Crippen molar-refractivity contribution in [3.63, 3.8) is 0 Å². The Morgan fingerprint density at radius 2 is 1.71 bits per heavy atom. The van der Waals surface area contributed by atoms with Crippen molar-refractivity contribution < 1.29 is 4.79 Å². The number of carbonyl (C=O) groups is 1. The van der Waals surface area contributed by atoms with Crippen molar-refractivity contribution in [1.29, 1.82) is 5.26 Å². The molecule has 6 nitrogen and oxygen atoms in total. The van der Waals surface area contributed by atoms with Gasteiger partial charge in [-0.3, -0.25) is 19.1 Å². The quantitative estimate of drug-likeness (QED) is 0.224. The van der Waals surface area contributed by atoms with E-state index in [0.717, 1.165) is 63.0 Å². The molecule has 0 N–H and O–H groups in total. The van der Waals surface area contributed by atoms with Crippen molar-refractivity contribution in [2.45, 2.75) is 85.1 Å². The summed E-state index contributed by atoms with van der Waals surface area (Å²) in [6, 6.07) is 2.13. The van der Waals surface area contributed by atoms with Crippen LogP contribution in [0.2, 0.25) is 0 Å². The van der Waals surface area contributed by atoms with Gasteiger partial charge in [0.2, 0.25) is 0 Å². The Bertz CT molecular complexity index is 1050. The summed E-state index contributed by atoms with van der Waals surface area (Å²) in [5.41, 5.74) is 1.38. The molecule has 34 heavy (non-hydrogen) atoms. The van der Waals surface area contributed by atoms with Gasteiger partial charge in [-0.25, -0.2) is 0 Å². The molecule has 184 valence electrons. The van der Waals surface area contributed by atoms with Gasteiger partial charge in [0.25, 0.3) is 11.5 Å². The van der Waals surface area contributed by atoms with Gasteiger partial charge in [0.1, 0.15) is 21.8 Å². The van der Waals surface area contributed by atoms with Gasteiger partial charge in [0, 0.05) is 31.7 Å². The molecule has 0 bridgehead atoms. The molecule has 0 saturated carbocycles. The molecule has 2 aliphatic heterocycles. The SMILES string of the molecule is CCCCCCCN1C(=O)C(=Cc2c(C)c(C#N)c(=O)n(CCCC)c2N2CCCC2)SC1=S. The van der Waals surface area contributed by atoms with Crippen LogP contribution in [0.15, 0.2) is 9.70 Å². The number of pyridine rings is 1. The molecule has 0 spiro atoms. The van der Waals surface area contributed by atoms with Crippen molar-refractivity contribution in [2.75, 3.05) is 24.5 Å². The lowest BCUT2D eigenvalue weighted by atomic mass is 10.0. The molecule has 0 atom stereocenters. The Hall–Kier alpha value is -2.11. The summed E-state index contributed by atoms with van der Waals surface area (Å²) in [6.45, 7) is 9.05. The number of nitrogens with zero attached hydrogens (tertiary/aromatic N) is 4. The zero-order valence-electron chi connectivity index (χ0n) is 20.7. The Morgan fingerprint density at radius 3 is 2.35 bits per heavy atom. The summed E-state index contributed by atoms with van der Waals surface area (Å²) >= 11 is 6.87. The second kappa shape index (κ2) is 12.6. The molecule has 1 aromatic heterocycles. The summed E-state index contributed by atoms with van der Waals surface area (Å²) in [5, 5.41) is 9.79. The van der Waals surface area contributed by atoms with Crippen LogP contribution >= 0.6 is 24.0 Å². The molecular formula is C26H36N4O2S2. The van der Waals surface area contributed by atoms with Crippen molar-refractivity contribution >= 4 is 46.1 Å². The monoisotopic (exact) mass is 500 g/mol. The molecule has 3 rings (SSSR count). The zero-order valence-corrected chi connectivity index (χ0v) is 22.3. The van der Waals surface area contributed by atoms with Crippen LogP contribution in [0.1, 0.15) is 88.3 Å². The third-order valence-electron chi connectivity index (χ3n) is 6.62. The molecule has 2 saturated heterocycles. The van der Waals surface area contributed by atoms with Crippen LogP contribution in [0.25, 0.3) is 6.08 Å². The Morgan fingerprint density at radius 1 is 1.03 bits per heavy atom. The first kappa shape index (κ1) is 26.5. The van der Waals surface area contributed by atoms with Crippen molar-refractivity contribution in [2.24, 2.45) is 0 Å². The Balaban J connectivity index is 2.01. The standard InChI is InChI=1S/C26H36N4O2S2/c1-4-6-8-9-10-16-30-25(32)22(34-26(30)33)17-20-19(3)21(18-27)24(31)29(15-7-5-2)23(20)28-13-11-12-14-28/h17H,4-16H2,1-3H3. The number of hydrogen-bond donors (Lipinski definition) is 0. The first-order valence-corrected chi connectivity index (χ1v) is 13.8. The highest BCUT2D eigenvalue weighted by Crippen LogP contribution is 2.36. The van der Waals surface area contributed by atoms with Gasteiger partial charge in [-0.1, -0.05) is 69.9 Å². The predicted molar refractivity (Wildman–Crippen MR) is 145 cm³/mol. The average molecular weight is 501 g/mol. The third kappa shape index (κ3) is 5.75. The van der Waals surface area contributed by atoms with E-state index in [-0.39, 0.29) is 17.0 Å². The van der Waals surface area contributed by atoms with Crippen LogP contribution < -0.4 is 10.5 Å². The van der Waals surface area contributed by atoms with Gasteiger partial charge >= 0.3 is 0 Å². The topological polar surface area (TPSA) is 69.3 Å². The van der Waals surface area contributed by atoms with Gasteiger partial charge in [-0.15, -0.1) is 0 Å². The fourth-order valence-electron chi connectivity index (χ4n) is 4.63. The minimum absolute atomic E-state index is 0.0675. The maximum atomic E-state index is 13.3. The number of carbonyl (C=O) groups excluding carboxylic acids is 1. The second-order valence-corrected chi connectivity index (χ2v) is 10.8. The van der Waals surface area contributed by atoms with E-state index in [1.165, 1.54) is 31.0 Å². The minimum atomic E-state index is -0.230. The molecule has 0 unspecified atom stereocenters. The number of anilines is 1. The molecule has 0 aliphatic carbocycles. The predicted octanol–water partition coefficient (Wildman–Crippen LogP) is 5.60. The number of unbranched alkanes of at least 4 members (excludes halogenated alkanes) is 5. The largest absolute Gasteiger partial charge is 0.357 e. The third-order valence-corrected chi connectivity index (χ3v) is 8.00. The molecular weight excluding hydrogens is 464 g/mol. The fraction of sp³-hybridized carbons (Fsp3) is 0.615. The molecule has 1 amide bonds. The summed E-state index contributed by atoms with van der Waals surface area (Å²) in [7, 11) is 0. The maximum absolute atomic E-state index is 13.3. The molecule has 2 aliphatic rings. The lowest BCUT2D eigenvalue weighted by Crippen LogP contribution is -2.33. The second-order valence-electron chi connectivity index (χ2n) is 9.10. The van der Waals surface area contributed by atoms with E-state index in [0.29, 0.717) is 27.9 Å². The van der Waals surface area contributed by atoms with Gasteiger partial charge in [-0.05, 0) is 44.2 Å². The number of hydrogen-bond acceptors (Lipinski definition) is 6. The highest BCUT2D eigenvalue weighted by atomic mass is 32.2. The Labute approximate surface area is 213 Å². The summed E-state index contributed by atoms with van der Waals surface area (Å²) in [5.74, 6) is 0.777. The lowest BCUT2D eigenvalue weighted by Gasteiger charge is -2.27. The van der Waals surface area contributed by atoms with Crippen LogP contribution in [0, 0.1) is 18.3 Å². The lowest BCUT2D eigenvalue weighted by molar-refractivity contribution is -0.122. The van der Waals surface area contributed by atoms with E-state index < -0.39 is 0 Å². The number of thiocarbonyl (C=S) groups is 1. The molecule has 0 radical (unpaired) electrons. The maximum Gasteiger partial charge on any atom is 0.270 e. The van der Waals surface area contributed by atoms with Crippen LogP contribution in [-0.4, -0.2) is 39.3 Å². The number of amides is 1. The molecule has 8 heteroatoms. The Kier molecular flexibility index (Phi) is 9.78. The van der Waals surface area contributed by atoms with E-state index in [9.17, 15) is 14.9 Å². The van der Waals surface area contributed by atoms with Crippen molar-refractivity contribution in [1.82, 2.24) is 9.47 Å². The van der Waals surface area contributed by atoms with Gasteiger partial charge in [0.05, 0.1) is 4.91 Å². The number of nitriles is 1. The fourth-order valence-corrected chi connectivity index (χ4v) is 5.93. The number of rotatable bonds is 11. The normalized spacial score (nSPS) is 17.3. The number of aromatic nitrogens is 1.